The minimum Gasteiger partial charge on any atom is -0.482 e. The van der Waals surface area contributed by atoms with Gasteiger partial charge in [0.15, 0.2) is 6.61 Å². The zero-order valence-corrected chi connectivity index (χ0v) is 15.5. The van der Waals surface area contributed by atoms with E-state index in [-0.39, 0.29) is 18.8 Å². The molecule has 0 atom stereocenters. The number of benzene rings is 2. The van der Waals surface area contributed by atoms with Gasteiger partial charge < -0.3 is 14.8 Å². The third-order valence-corrected chi connectivity index (χ3v) is 4.83. The molecular weight excluding hydrogens is 396 g/mol. The van der Waals surface area contributed by atoms with Gasteiger partial charge >= 0.3 is 11.7 Å². The van der Waals surface area contributed by atoms with E-state index in [4.69, 9.17) is 9.47 Å². The Morgan fingerprint density at radius 3 is 2.39 bits per heavy atom. The first-order valence-corrected chi connectivity index (χ1v) is 9.60. The molecule has 0 heterocycles. The Labute approximate surface area is 160 Å². The van der Waals surface area contributed by atoms with E-state index in [2.05, 4.69) is 5.32 Å². The van der Waals surface area contributed by atoms with Gasteiger partial charge in [-0.2, -0.15) is 8.78 Å². The third kappa shape index (κ3) is 5.49. The fourth-order valence-corrected chi connectivity index (χ4v) is 2.83. The lowest BCUT2D eigenvalue weighted by molar-refractivity contribution is -0.145. The summed E-state index contributed by atoms with van der Waals surface area (Å²) in [5.41, 5.74) is 0.432. The van der Waals surface area contributed by atoms with E-state index in [1.54, 1.807) is 25.1 Å². The second-order valence-corrected chi connectivity index (χ2v) is 7.32. The second kappa shape index (κ2) is 9.27. The van der Waals surface area contributed by atoms with Gasteiger partial charge in [0, 0.05) is 17.3 Å². The summed E-state index contributed by atoms with van der Waals surface area (Å²) >= 11 is 0. The van der Waals surface area contributed by atoms with Gasteiger partial charge in [0.05, 0.1) is 11.5 Å². The highest BCUT2D eigenvalue weighted by atomic mass is 32.2. The summed E-state index contributed by atoms with van der Waals surface area (Å²) in [6.07, 6.45) is 0. The Morgan fingerprint density at radius 1 is 1.11 bits per heavy atom. The molecule has 2 aromatic carbocycles. The average Bonchev–Trinajstić information content (AvgIpc) is 2.67. The molecule has 150 valence electrons. The molecule has 7 nitrogen and oxygen atoms in total. The fraction of sp³-hybridized carbons (Fsp3) is 0.222. The standard InChI is InChI=1S/C18H17F2NO6S/c1-2-26-16(22)11-27-14-5-3-4-13(10-14)21-17(23)12-6-8-15(9-7-12)28(24,25)18(19)20/h3-10,18H,2,11H2,1H3,(H,21,23). The normalized spacial score (nSPS) is 11.1. The number of ether oxygens (including phenoxy) is 2. The van der Waals surface area contributed by atoms with E-state index >= 15 is 0 Å². The molecule has 0 saturated carbocycles. The zero-order valence-electron chi connectivity index (χ0n) is 14.7. The Morgan fingerprint density at radius 2 is 1.79 bits per heavy atom. The van der Waals surface area contributed by atoms with Crippen LogP contribution in [0.15, 0.2) is 53.4 Å². The quantitative estimate of drug-likeness (QED) is 0.668. The Kier molecular flexibility index (Phi) is 7.05. The van der Waals surface area contributed by atoms with E-state index < -0.39 is 32.4 Å². The highest BCUT2D eigenvalue weighted by molar-refractivity contribution is 7.91. The van der Waals surface area contributed by atoms with Crippen molar-refractivity contribution in [2.24, 2.45) is 0 Å². The lowest BCUT2D eigenvalue weighted by Crippen LogP contribution is -2.15. The summed E-state index contributed by atoms with van der Waals surface area (Å²) in [5.74, 6) is -4.33. The van der Waals surface area contributed by atoms with Gasteiger partial charge in [-0.1, -0.05) is 6.07 Å². The molecular formula is C18H17F2NO6S. The first-order valence-electron chi connectivity index (χ1n) is 8.06. The first kappa shape index (κ1) is 21.3. The minimum atomic E-state index is -4.72. The Bertz CT molecular complexity index is 945. The van der Waals surface area contributed by atoms with E-state index in [9.17, 15) is 26.8 Å². The van der Waals surface area contributed by atoms with E-state index in [0.29, 0.717) is 11.4 Å². The molecule has 0 aliphatic carbocycles. The smallest absolute Gasteiger partial charge is 0.344 e. The summed E-state index contributed by atoms with van der Waals surface area (Å²) in [6.45, 7) is 1.62. The van der Waals surface area contributed by atoms with Crippen LogP contribution >= 0.6 is 0 Å². The van der Waals surface area contributed by atoms with Crippen molar-refractivity contribution in [1.82, 2.24) is 0 Å². The highest BCUT2D eigenvalue weighted by Gasteiger charge is 2.26. The van der Waals surface area contributed by atoms with Crippen LogP contribution < -0.4 is 10.1 Å². The predicted octanol–water partition coefficient (Wildman–Crippen LogP) is 2.88. The van der Waals surface area contributed by atoms with Gasteiger partial charge in [-0.05, 0) is 43.3 Å². The third-order valence-electron chi connectivity index (χ3n) is 3.43. The van der Waals surface area contributed by atoms with Gasteiger partial charge in [0.25, 0.3) is 5.91 Å². The molecule has 2 rings (SSSR count). The molecule has 0 aliphatic heterocycles. The minimum absolute atomic E-state index is 0.0751. The maximum atomic E-state index is 12.5. The van der Waals surface area contributed by atoms with Crippen molar-refractivity contribution in [1.29, 1.82) is 0 Å². The van der Waals surface area contributed by atoms with Crippen LogP contribution in [0.2, 0.25) is 0 Å². The molecule has 0 bridgehead atoms. The van der Waals surface area contributed by atoms with Crippen molar-refractivity contribution >= 4 is 27.4 Å². The van der Waals surface area contributed by atoms with Crippen LogP contribution in [0.3, 0.4) is 0 Å². The molecule has 2 aromatic rings. The molecule has 0 unspecified atom stereocenters. The molecule has 0 aromatic heterocycles. The number of rotatable bonds is 8. The van der Waals surface area contributed by atoms with Crippen molar-refractivity contribution < 1.29 is 36.3 Å². The maximum absolute atomic E-state index is 12.5. The lowest BCUT2D eigenvalue weighted by atomic mass is 10.2. The second-order valence-electron chi connectivity index (χ2n) is 5.41. The van der Waals surface area contributed by atoms with Crippen molar-refractivity contribution in [3.8, 4) is 5.75 Å². The van der Waals surface area contributed by atoms with Gasteiger partial charge in [0.2, 0.25) is 9.84 Å². The first-order chi connectivity index (χ1) is 13.2. The summed E-state index contributed by atoms with van der Waals surface area (Å²) < 4.78 is 57.9. The van der Waals surface area contributed by atoms with Crippen molar-refractivity contribution in [2.75, 3.05) is 18.5 Å². The van der Waals surface area contributed by atoms with Crippen LogP contribution in [0.25, 0.3) is 0 Å². The van der Waals surface area contributed by atoms with Crippen LogP contribution in [0.4, 0.5) is 14.5 Å². The molecule has 0 aliphatic rings. The molecule has 0 radical (unpaired) electrons. The summed E-state index contributed by atoms with van der Waals surface area (Å²) in [7, 11) is -4.72. The number of nitrogens with one attached hydrogen (secondary N) is 1. The predicted molar refractivity (Wildman–Crippen MR) is 96.2 cm³/mol. The van der Waals surface area contributed by atoms with E-state index in [1.165, 1.54) is 6.07 Å². The number of anilines is 1. The number of hydrogen-bond acceptors (Lipinski definition) is 6. The Hall–Kier alpha value is -3.01. The molecule has 0 spiro atoms. The van der Waals surface area contributed by atoms with Crippen LogP contribution in [0.5, 0.6) is 5.75 Å². The van der Waals surface area contributed by atoms with Crippen LogP contribution in [-0.4, -0.2) is 39.3 Å². The van der Waals surface area contributed by atoms with Crippen LogP contribution in [-0.2, 0) is 19.4 Å². The summed E-state index contributed by atoms with van der Waals surface area (Å²) in [4.78, 5) is 23.0. The van der Waals surface area contributed by atoms with Gasteiger partial charge in [-0.3, -0.25) is 4.79 Å². The molecule has 1 N–H and O–H groups in total. The SMILES string of the molecule is CCOC(=O)COc1cccc(NC(=O)c2ccc(S(=O)(=O)C(F)F)cc2)c1. The molecule has 28 heavy (non-hydrogen) atoms. The van der Waals surface area contributed by atoms with Crippen LogP contribution in [0, 0.1) is 0 Å². The number of alkyl halides is 2. The number of hydrogen-bond donors (Lipinski definition) is 1. The molecule has 0 fully saturated rings. The number of amides is 1. The topological polar surface area (TPSA) is 98.8 Å². The van der Waals surface area contributed by atoms with Gasteiger partial charge in [0.1, 0.15) is 5.75 Å². The summed E-state index contributed by atoms with van der Waals surface area (Å²) in [6, 6.07) is 10.4. The van der Waals surface area contributed by atoms with Crippen LogP contribution in [0.1, 0.15) is 17.3 Å². The van der Waals surface area contributed by atoms with Crippen molar-refractivity contribution in [3.63, 3.8) is 0 Å². The zero-order chi connectivity index (χ0) is 20.7. The van der Waals surface area contributed by atoms with Gasteiger partial charge in [-0.15, -0.1) is 0 Å². The lowest BCUT2D eigenvalue weighted by Gasteiger charge is -2.09. The highest BCUT2D eigenvalue weighted by Crippen LogP contribution is 2.20. The Balaban J connectivity index is 2.05. The number of carbonyl (C=O) groups is 2. The average molecular weight is 413 g/mol. The van der Waals surface area contributed by atoms with E-state index in [0.717, 1.165) is 24.3 Å². The molecule has 1 amide bonds. The number of esters is 1. The van der Waals surface area contributed by atoms with Gasteiger partial charge in [-0.25, -0.2) is 13.2 Å². The van der Waals surface area contributed by atoms with E-state index in [1.807, 2.05) is 0 Å². The number of sulfone groups is 1. The monoisotopic (exact) mass is 413 g/mol. The maximum Gasteiger partial charge on any atom is 0.344 e. The largest absolute Gasteiger partial charge is 0.482 e. The van der Waals surface area contributed by atoms with Crippen molar-refractivity contribution in [2.45, 2.75) is 17.6 Å². The molecule has 10 heteroatoms. The fourth-order valence-electron chi connectivity index (χ4n) is 2.11. The van der Waals surface area contributed by atoms with Crippen molar-refractivity contribution in [3.05, 3.63) is 54.1 Å². The summed E-state index contributed by atoms with van der Waals surface area (Å²) in [5, 5.41) is 2.56. The number of halogens is 2. The number of carbonyl (C=O) groups excluding carboxylic acids is 2. The molecule has 0 saturated heterocycles.